The summed E-state index contributed by atoms with van der Waals surface area (Å²) in [4.78, 5) is 13.7. The minimum Gasteiger partial charge on any atom is -0.439 e. The van der Waals surface area contributed by atoms with Crippen molar-refractivity contribution >= 4 is 22.0 Å². The maximum absolute atomic E-state index is 11.9. The van der Waals surface area contributed by atoms with Crippen LogP contribution in [0.25, 0.3) is 0 Å². The van der Waals surface area contributed by atoms with Crippen molar-refractivity contribution in [3.8, 4) is 0 Å². The lowest BCUT2D eigenvalue weighted by Gasteiger charge is -2.19. The smallest absolute Gasteiger partial charge is 0.410 e. The number of carbonyl (C=O) groups is 1. The van der Waals surface area contributed by atoms with Crippen LogP contribution in [0.15, 0.2) is 28.7 Å². The van der Waals surface area contributed by atoms with E-state index in [1.54, 1.807) is 4.90 Å². The maximum atomic E-state index is 11.9. The van der Waals surface area contributed by atoms with Gasteiger partial charge in [-0.2, -0.15) is 0 Å². The molecule has 0 aromatic heterocycles. The summed E-state index contributed by atoms with van der Waals surface area (Å²) in [5, 5.41) is 3.26. The molecule has 0 radical (unpaired) electrons. The SMILES string of the molecule is O=C1OC2(CCNC2)CN1Cc1ccc(Br)cc1. The zero-order valence-electron chi connectivity index (χ0n) is 9.99. The predicted molar refractivity (Wildman–Crippen MR) is 71.3 cm³/mol. The summed E-state index contributed by atoms with van der Waals surface area (Å²) in [6, 6.07) is 8.03. The first-order chi connectivity index (χ1) is 8.67. The zero-order valence-corrected chi connectivity index (χ0v) is 11.6. The Morgan fingerprint density at radius 1 is 1.39 bits per heavy atom. The number of carbonyl (C=O) groups excluding carboxylic acids is 1. The van der Waals surface area contributed by atoms with Gasteiger partial charge in [0.15, 0.2) is 0 Å². The highest BCUT2D eigenvalue weighted by Gasteiger charge is 2.46. The third kappa shape index (κ3) is 2.24. The second-order valence-electron chi connectivity index (χ2n) is 4.96. The van der Waals surface area contributed by atoms with Gasteiger partial charge in [-0.25, -0.2) is 4.79 Å². The normalized spacial score (nSPS) is 26.9. The average molecular weight is 311 g/mol. The van der Waals surface area contributed by atoms with E-state index < -0.39 is 0 Å². The summed E-state index contributed by atoms with van der Waals surface area (Å²) >= 11 is 3.41. The Morgan fingerprint density at radius 3 is 2.83 bits per heavy atom. The number of halogens is 1. The first-order valence-corrected chi connectivity index (χ1v) is 6.89. The molecule has 2 aliphatic heterocycles. The highest BCUT2D eigenvalue weighted by molar-refractivity contribution is 9.10. The van der Waals surface area contributed by atoms with Crippen molar-refractivity contribution in [1.82, 2.24) is 10.2 Å². The van der Waals surface area contributed by atoms with E-state index in [-0.39, 0.29) is 11.7 Å². The molecule has 1 aromatic rings. The molecule has 4 nitrogen and oxygen atoms in total. The molecule has 96 valence electrons. The minimum absolute atomic E-state index is 0.193. The molecular weight excluding hydrogens is 296 g/mol. The van der Waals surface area contributed by atoms with Crippen LogP contribution in [-0.2, 0) is 11.3 Å². The lowest BCUT2D eigenvalue weighted by molar-refractivity contribution is 0.0727. The number of amides is 1. The first-order valence-electron chi connectivity index (χ1n) is 6.10. The van der Waals surface area contributed by atoms with Crippen molar-refractivity contribution in [3.63, 3.8) is 0 Å². The Balaban J connectivity index is 1.70. The Hall–Kier alpha value is -1.07. The number of benzene rings is 1. The third-order valence-corrected chi connectivity index (χ3v) is 4.06. The van der Waals surface area contributed by atoms with Crippen LogP contribution in [0.3, 0.4) is 0 Å². The fourth-order valence-electron chi connectivity index (χ4n) is 2.57. The van der Waals surface area contributed by atoms with E-state index in [1.807, 2.05) is 24.3 Å². The molecule has 0 bridgehead atoms. The van der Waals surface area contributed by atoms with Gasteiger partial charge in [0, 0.05) is 24.0 Å². The summed E-state index contributed by atoms with van der Waals surface area (Å²) in [5.74, 6) is 0. The molecule has 0 aliphatic carbocycles. The molecule has 1 aromatic carbocycles. The van der Waals surface area contributed by atoms with Gasteiger partial charge in [-0.05, 0) is 24.2 Å². The van der Waals surface area contributed by atoms with Crippen molar-refractivity contribution in [2.24, 2.45) is 0 Å². The van der Waals surface area contributed by atoms with Gasteiger partial charge < -0.3 is 10.1 Å². The average Bonchev–Trinajstić information content (AvgIpc) is 2.91. The van der Waals surface area contributed by atoms with E-state index in [4.69, 9.17) is 4.74 Å². The van der Waals surface area contributed by atoms with Crippen molar-refractivity contribution < 1.29 is 9.53 Å². The van der Waals surface area contributed by atoms with Crippen molar-refractivity contribution in [3.05, 3.63) is 34.3 Å². The molecule has 1 spiro atoms. The number of rotatable bonds is 2. The number of nitrogens with one attached hydrogen (secondary N) is 1. The van der Waals surface area contributed by atoms with Gasteiger partial charge in [0.1, 0.15) is 5.60 Å². The molecule has 2 aliphatic rings. The molecule has 1 N–H and O–H groups in total. The minimum atomic E-state index is -0.285. The molecule has 2 saturated heterocycles. The van der Waals surface area contributed by atoms with Gasteiger partial charge in [-0.15, -0.1) is 0 Å². The van der Waals surface area contributed by atoms with E-state index >= 15 is 0 Å². The summed E-state index contributed by atoms with van der Waals surface area (Å²) in [6.07, 6.45) is 0.719. The van der Waals surface area contributed by atoms with Gasteiger partial charge in [-0.1, -0.05) is 28.1 Å². The fraction of sp³-hybridized carbons (Fsp3) is 0.462. The Kier molecular flexibility index (Phi) is 3.03. The van der Waals surface area contributed by atoms with Gasteiger partial charge >= 0.3 is 6.09 Å². The topological polar surface area (TPSA) is 41.6 Å². The first kappa shape index (κ1) is 12.0. The lowest BCUT2D eigenvalue weighted by Crippen LogP contribution is -2.36. The van der Waals surface area contributed by atoms with E-state index in [1.165, 1.54) is 0 Å². The second kappa shape index (κ2) is 4.55. The molecule has 1 atom stereocenters. The van der Waals surface area contributed by atoms with Crippen LogP contribution in [0.2, 0.25) is 0 Å². The van der Waals surface area contributed by atoms with Gasteiger partial charge in [-0.3, -0.25) is 4.90 Å². The highest BCUT2D eigenvalue weighted by atomic mass is 79.9. The molecule has 2 heterocycles. The summed E-state index contributed by atoms with van der Waals surface area (Å²) in [5.41, 5.74) is 0.838. The molecule has 3 rings (SSSR count). The predicted octanol–water partition coefficient (Wildman–Crippen LogP) is 2.13. The quantitative estimate of drug-likeness (QED) is 0.910. The molecule has 1 amide bonds. The molecular formula is C13H15BrN2O2. The Morgan fingerprint density at radius 2 is 2.17 bits per heavy atom. The van der Waals surface area contributed by atoms with Crippen molar-refractivity contribution in [1.29, 1.82) is 0 Å². The van der Waals surface area contributed by atoms with Crippen LogP contribution < -0.4 is 5.32 Å². The number of nitrogens with zero attached hydrogens (tertiary/aromatic N) is 1. The van der Waals surface area contributed by atoms with E-state index in [2.05, 4.69) is 21.2 Å². The van der Waals surface area contributed by atoms with Gasteiger partial charge in [0.05, 0.1) is 6.54 Å². The molecule has 5 heteroatoms. The summed E-state index contributed by atoms with van der Waals surface area (Å²) < 4.78 is 6.58. The van der Waals surface area contributed by atoms with Crippen LogP contribution in [-0.4, -0.2) is 36.2 Å². The van der Waals surface area contributed by atoms with Crippen LogP contribution >= 0.6 is 15.9 Å². The monoisotopic (exact) mass is 310 g/mol. The molecule has 1 unspecified atom stereocenters. The van der Waals surface area contributed by atoms with Crippen LogP contribution in [0, 0.1) is 0 Å². The Bertz CT molecular complexity index is 455. The van der Waals surface area contributed by atoms with Gasteiger partial charge in [0.25, 0.3) is 0 Å². The Labute approximate surface area is 114 Å². The maximum Gasteiger partial charge on any atom is 0.410 e. The number of hydrogen-bond donors (Lipinski definition) is 1. The van der Waals surface area contributed by atoms with Crippen LogP contribution in [0.4, 0.5) is 4.79 Å². The second-order valence-corrected chi connectivity index (χ2v) is 5.88. The number of ether oxygens (including phenoxy) is 1. The third-order valence-electron chi connectivity index (χ3n) is 3.53. The van der Waals surface area contributed by atoms with Crippen LogP contribution in [0.1, 0.15) is 12.0 Å². The summed E-state index contributed by atoms with van der Waals surface area (Å²) in [6.45, 7) is 3.01. The van der Waals surface area contributed by atoms with Crippen LogP contribution in [0.5, 0.6) is 0 Å². The fourth-order valence-corrected chi connectivity index (χ4v) is 2.83. The van der Waals surface area contributed by atoms with E-state index in [0.29, 0.717) is 13.1 Å². The zero-order chi connectivity index (χ0) is 12.6. The molecule has 2 fully saturated rings. The molecule has 0 saturated carbocycles. The van der Waals surface area contributed by atoms with E-state index in [9.17, 15) is 4.79 Å². The largest absolute Gasteiger partial charge is 0.439 e. The highest BCUT2D eigenvalue weighted by Crippen LogP contribution is 2.29. The summed E-state index contributed by atoms with van der Waals surface area (Å²) in [7, 11) is 0. The molecule has 18 heavy (non-hydrogen) atoms. The van der Waals surface area contributed by atoms with Crippen molar-refractivity contribution in [2.45, 2.75) is 18.6 Å². The standard InChI is InChI=1S/C13H15BrN2O2/c14-11-3-1-10(2-4-11)7-16-9-13(18-12(16)17)5-6-15-8-13/h1-4,15H,5-9H2. The van der Waals surface area contributed by atoms with Gasteiger partial charge in [0.2, 0.25) is 0 Å². The lowest BCUT2D eigenvalue weighted by atomic mass is 10.0. The van der Waals surface area contributed by atoms with Crippen molar-refractivity contribution in [2.75, 3.05) is 19.6 Å². The van der Waals surface area contributed by atoms with E-state index in [0.717, 1.165) is 29.5 Å². The number of hydrogen-bond acceptors (Lipinski definition) is 3.